The molecule has 0 saturated carbocycles. The number of nitrogens with zero attached hydrogens (tertiary/aromatic N) is 1. The Bertz CT molecular complexity index is 821. The number of hydrogen-bond donors (Lipinski definition) is 1. The minimum absolute atomic E-state index is 0.188. The molecule has 1 amide bonds. The van der Waals surface area contributed by atoms with Crippen LogP contribution >= 0.6 is 0 Å². The zero-order chi connectivity index (χ0) is 19.1. The summed E-state index contributed by atoms with van der Waals surface area (Å²) in [6.45, 7) is 9.01. The molecule has 1 aromatic heterocycles. The second-order valence-corrected chi connectivity index (χ2v) is 6.85. The highest BCUT2D eigenvalue weighted by Gasteiger charge is 2.20. The molecule has 1 aromatic carbocycles. The van der Waals surface area contributed by atoms with Gasteiger partial charge < -0.3 is 9.88 Å². The largest absolute Gasteiger partial charge is 0.348 e. The lowest BCUT2D eigenvalue weighted by molar-refractivity contribution is 0.102. The summed E-state index contributed by atoms with van der Waals surface area (Å²) in [4.78, 5) is 25.7. The molecule has 2 rings (SSSR count). The third-order valence-electron chi connectivity index (χ3n) is 4.75. The van der Waals surface area contributed by atoms with Crippen LogP contribution in [0.3, 0.4) is 0 Å². The zero-order valence-corrected chi connectivity index (χ0v) is 16.4. The summed E-state index contributed by atoms with van der Waals surface area (Å²) in [7, 11) is 0. The van der Waals surface area contributed by atoms with E-state index in [2.05, 4.69) is 23.7 Å². The van der Waals surface area contributed by atoms with Gasteiger partial charge in [0, 0.05) is 29.7 Å². The van der Waals surface area contributed by atoms with E-state index >= 15 is 0 Å². The van der Waals surface area contributed by atoms with E-state index < -0.39 is 0 Å². The smallest absolute Gasteiger partial charge is 0.261 e. The van der Waals surface area contributed by atoms with Crippen molar-refractivity contribution in [2.75, 3.05) is 5.32 Å². The number of carbonyl (C=O) groups excluding carboxylic acids is 1. The van der Waals surface area contributed by atoms with Crippen LogP contribution in [0.1, 0.15) is 66.8 Å². The average molecular weight is 354 g/mol. The Morgan fingerprint density at radius 3 is 2.42 bits per heavy atom. The van der Waals surface area contributed by atoms with Gasteiger partial charge in [-0.3, -0.25) is 9.59 Å². The van der Waals surface area contributed by atoms with Crippen molar-refractivity contribution in [2.24, 2.45) is 0 Å². The molecular formula is C22H30N2O2. The second-order valence-electron chi connectivity index (χ2n) is 6.85. The number of carbonyl (C=O) groups is 1. The van der Waals surface area contributed by atoms with Gasteiger partial charge in [0.25, 0.3) is 5.91 Å². The van der Waals surface area contributed by atoms with Gasteiger partial charge in [-0.2, -0.15) is 0 Å². The van der Waals surface area contributed by atoms with Gasteiger partial charge in [-0.15, -0.1) is 0 Å². The van der Waals surface area contributed by atoms with Crippen LogP contribution in [0.4, 0.5) is 5.69 Å². The Morgan fingerprint density at radius 1 is 1.08 bits per heavy atom. The maximum atomic E-state index is 13.0. The highest BCUT2D eigenvalue weighted by Crippen LogP contribution is 2.18. The minimum atomic E-state index is -0.305. The molecule has 0 aliphatic rings. The summed E-state index contributed by atoms with van der Waals surface area (Å²) in [5.41, 5.74) is 3.64. The Hall–Kier alpha value is -2.36. The van der Waals surface area contributed by atoms with Gasteiger partial charge in [0.2, 0.25) is 0 Å². The first-order chi connectivity index (χ1) is 12.5. The van der Waals surface area contributed by atoms with Gasteiger partial charge in [0.1, 0.15) is 5.56 Å². The van der Waals surface area contributed by atoms with Gasteiger partial charge >= 0.3 is 0 Å². The number of para-hydroxylation sites is 1. The second kappa shape index (κ2) is 9.37. The molecule has 2 aromatic rings. The molecule has 0 unspecified atom stereocenters. The van der Waals surface area contributed by atoms with Gasteiger partial charge in [-0.1, -0.05) is 44.9 Å². The predicted octanol–water partition coefficient (Wildman–Crippen LogP) is 4.86. The van der Waals surface area contributed by atoms with E-state index in [1.165, 1.54) is 0 Å². The Kier molecular flexibility index (Phi) is 7.19. The molecule has 140 valence electrons. The summed E-state index contributed by atoms with van der Waals surface area (Å²) in [5, 5.41) is 2.93. The van der Waals surface area contributed by atoms with E-state index in [-0.39, 0.29) is 11.3 Å². The first-order valence-corrected chi connectivity index (χ1v) is 9.59. The maximum Gasteiger partial charge on any atom is 0.261 e. The van der Waals surface area contributed by atoms with Crippen molar-refractivity contribution in [3.63, 3.8) is 0 Å². The molecule has 0 spiro atoms. The number of aromatic nitrogens is 1. The number of benzene rings is 1. The number of rotatable bonds is 8. The molecule has 0 saturated heterocycles. The maximum absolute atomic E-state index is 13.0. The minimum Gasteiger partial charge on any atom is -0.348 e. The third kappa shape index (κ3) is 4.63. The fraction of sp³-hybridized carbons (Fsp3) is 0.455. The number of anilines is 1. The van der Waals surface area contributed by atoms with E-state index in [0.717, 1.165) is 61.3 Å². The number of hydrogen-bond acceptors (Lipinski definition) is 2. The fourth-order valence-corrected chi connectivity index (χ4v) is 3.20. The molecule has 4 heteroatoms. The number of unbranched alkanes of at least 4 members (excludes halogenated alkanes) is 2. The Labute approximate surface area is 156 Å². The summed E-state index contributed by atoms with van der Waals surface area (Å²) < 4.78 is 2.16. The van der Waals surface area contributed by atoms with Crippen LogP contribution in [0.15, 0.2) is 35.1 Å². The highest BCUT2D eigenvalue weighted by atomic mass is 16.2. The van der Waals surface area contributed by atoms with E-state index in [9.17, 15) is 9.59 Å². The van der Waals surface area contributed by atoms with E-state index in [0.29, 0.717) is 5.56 Å². The van der Waals surface area contributed by atoms with E-state index in [4.69, 9.17) is 0 Å². The van der Waals surface area contributed by atoms with Crippen molar-refractivity contribution in [3.05, 3.63) is 63.1 Å². The lowest BCUT2D eigenvalue weighted by Gasteiger charge is -2.20. The summed E-state index contributed by atoms with van der Waals surface area (Å²) >= 11 is 0. The van der Waals surface area contributed by atoms with Crippen LogP contribution < -0.4 is 10.7 Å². The summed E-state index contributed by atoms with van der Waals surface area (Å²) in [6.07, 6.45) is 4.83. The zero-order valence-electron chi connectivity index (χ0n) is 16.4. The normalized spacial score (nSPS) is 10.8. The van der Waals surface area contributed by atoms with Crippen LogP contribution in [0.5, 0.6) is 0 Å². The van der Waals surface area contributed by atoms with Crippen LogP contribution in [0.2, 0.25) is 0 Å². The van der Waals surface area contributed by atoms with Gasteiger partial charge in [0.05, 0.1) is 0 Å². The molecule has 26 heavy (non-hydrogen) atoms. The van der Waals surface area contributed by atoms with Crippen molar-refractivity contribution in [1.29, 1.82) is 0 Å². The monoisotopic (exact) mass is 354 g/mol. The van der Waals surface area contributed by atoms with Gasteiger partial charge in [0.15, 0.2) is 5.43 Å². The molecule has 0 atom stereocenters. The third-order valence-corrected chi connectivity index (χ3v) is 4.75. The standard InChI is InChI=1S/C22H30N2O2/c1-5-7-13-19-21(20(25)15-17(4)24(19)14-8-6-2)22(26)23-18-12-10-9-11-16(18)3/h9-12,15H,5-8,13-14H2,1-4H3,(H,23,26). The first kappa shape index (κ1) is 20.0. The number of aryl methyl sites for hydroxylation is 2. The number of amides is 1. The SMILES string of the molecule is CCCCc1c(C(=O)Nc2ccccc2C)c(=O)cc(C)n1CCCC. The van der Waals surface area contributed by atoms with Crippen LogP contribution in [-0.4, -0.2) is 10.5 Å². The van der Waals surface area contributed by atoms with E-state index in [1.54, 1.807) is 6.07 Å². The Balaban J connectivity index is 2.49. The number of pyridine rings is 1. The first-order valence-electron chi connectivity index (χ1n) is 9.59. The number of nitrogens with one attached hydrogen (secondary N) is 1. The van der Waals surface area contributed by atoms with Crippen LogP contribution in [-0.2, 0) is 13.0 Å². The predicted molar refractivity (Wildman–Crippen MR) is 108 cm³/mol. The lowest BCUT2D eigenvalue weighted by Crippen LogP contribution is -2.28. The van der Waals surface area contributed by atoms with Crippen molar-refractivity contribution >= 4 is 11.6 Å². The molecule has 1 heterocycles. The van der Waals surface area contributed by atoms with Gasteiger partial charge in [-0.25, -0.2) is 0 Å². The molecule has 0 bridgehead atoms. The van der Waals surface area contributed by atoms with Crippen LogP contribution in [0.25, 0.3) is 0 Å². The Morgan fingerprint density at radius 2 is 1.77 bits per heavy atom. The van der Waals surface area contributed by atoms with Crippen LogP contribution in [0, 0.1) is 13.8 Å². The summed E-state index contributed by atoms with van der Waals surface area (Å²) in [5.74, 6) is -0.305. The summed E-state index contributed by atoms with van der Waals surface area (Å²) in [6, 6.07) is 9.22. The topological polar surface area (TPSA) is 51.1 Å². The molecule has 0 fully saturated rings. The molecule has 0 aliphatic heterocycles. The van der Waals surface area contributed by atoms with Crippen molar-refractivity contribution in [1.82, 2.24) is 4.57 Å². The van der Waals surface area contributed by atoms with Crippen molar-refractivity contribution < 1.29 is 4.79 Å². The molecule has 0 radical (unpaired) electrons. The van der Waals surface area contributed by atoms with Crippen molar-refractivity contribution in [3.8, 4) is 0 Å². The molecule has 1 N–H and O–H groups in total. The average Bonchev–Trinajstić information content (AvgIpc) is 2.60. The quantitative estimate of drug-likeness (QED) is 0.736. The van der Waals surface area contributed by atoms with Crippen molar-refractivity contribution in [2.45, 2.75) is 66.3 Å². The molecular weight excluding hydrogens is 324 g/mol. The highest BCUT2D eigenvalue weighted by molar-refractivity contribution is 6.05. The van der Waals surface area contributed by atoms with Gasteiger partial charge in [-0.05, 0) is 44.7 Å². The van der Waals surface area contributed by atoms with E-state index in [1.807, 2.05) is 38.1 Å². The molecule has 4 nitrogen and oxygen atoms in total. The fourth-order valence-electron chi connectivity index (χ4n) is 3.20. The lowest BCUT2D eigenvalue weighted by atomic mass is 10.0. The molecule has 0 aliphatic carbocycles.